The van der Waals surface area contributed by atoms with Crippen LogP contribution in [0.25, 0.3) is 0 Å². The maximum atomic E-state index is 12.8. The first-order chi connectivity index (χ1) is 12.3. The molecule has 0 aromatic rings. The Morgan fingerprint density at radius 3 is 3.04 bits per heavy atom. The number of carbonyl (C=O) groups excluding carboxylic acids is 1. The van der Waals surface area contributed by atoms with Gasteiger partial charge in [0.15, 0.2) is 5.66 Å². The third kappa shape index (κ3) is 4.57. The fourth-order valence-corrected chi connectivity index (χ4v) is 3.53. The Morgan fingerprint density at radius 1 is 1.69 bits per heavy atom. The quantitative estimate of drug-likeness (QED) is 0.278. The minimum absolute atomic E-state index is 0.283. The summed E-state index contributed by atoms with van der Waals surface area (Å²) >= 11 is 1.33. The molecule has 26 heavy (non-hydrogen) atoms. The van der Waals surface area contributed by atoms with Crippen LogP contribution in [0.1, 0.15) is 26.7 Å². The van der Waals surface area contributed by atoms with Crippen LogP contribution in [0, 0.1) is 0 Å². The van der Waals surface area contributed by atoms with Crippen LogP contribution >= 0.6 is 11.8 Å². The number of methoxy groups -OCH3 is 1. The molecule has 0 radical (unpaired) electrons. The fourth-order valence-electron chi connectivity index (χ4n) is 2.48. The molecule has 0 aliphatic carbocycles. The molecule has 0 saturated heterocycles. The Balaban J connectivity index is 2.18. The molecule has 2 rings (SSSR count). The number of amides is 1. The lowest BCUT2D eigenvalue weighted by molar-refractivity contribution is -0.126. The summed E-state index contributed by atoms with van der Waals surface area (Å²) in [5.74, 6) is 5.98. The van der Waals surface area contributed by atoms with Gasteiger partial charge in [-0.3, -0.25) is 10.5 Å². The first-order valence-corrected chi connectivity index (χ1v) is 9.21. The van der Waals surface area contributed by atoms with Gasteiger partial charge in [0.1, 0.15) is 16.6 Å². The first-order valence-electron chi connectivity index (χ1n) is 8.22. The molecule has 0 spiro atoms. The van der Waals surface area contributed by atoms with Gasteiger partial charge in [0.2, 0.25) is 6.29 Å². The lowest BCUT2D eigenvalue weighted by Gasteiger charge is -2.28. The molecule has 0 aromatic carbocycles. The summed E-state index contributed by atoms with van der Waals surface area (Å²) in [5.41, 5.74) is 5.29. The topological polar surface area (TPSA) is 145 Å². The molecule has 3 atom stereocenters. The standard InChI is InChI=1S/C16H25N5O4S/c1-4-5-11(12-6-10(24-3)7-13(22)25-12)19-15(23)16(17)8-26-14(20-16)9(2)21-18/h6-7,11,13,22H,4-5,8,17-18H2,1-3H3,(H,19,23)/b21-9+/t11-,13?,16+/m1/s1. The van der Waals surface area contributed by atoms with Gasteiger partial charge in [-0.25, -0.2) is 4.99 Å². The largest absolute Gasteiger partial charge is 0.497 e. The summed E-state index contributed by atoms with van der Waals surface area (Å²) in [6, 6.07) is -0.463. The number of aliphatic imine (C=N–C) groups is 1. The van der Waals surface area contributed by atoms with Crippen LogP contribution in [0.15, 0.2) is 33.8 Å². The van der Waals surface area contributed by atoms with E-state index >= 15 is 0 Å². The van der Waals surface area contributed by atoms with Crippen molar-refractivity contribution in [3.8, 4) is 0 Å². The second-order valence-corrected chi connectivity index (χ2v) is 6.95. The summed E-state index contributed by atoms with van der Waals surface area (Å²) in [6.07, 6.45) is 3.32. The highest BCUT2D eigenvalue weighted by atomic mass is 32.2. The van der Waals surface area contributed by atoms with E-state index in [1.54, 1.807) is 13.0 Å². The van der Waals surface area contributed by atoms with E-state index in [-0.39, 0.29) is 5.75 Å². The molecule has 0 saturated carbocycles. The maximum absolute atomic E-state index is 12.8. The Morgan fingerprint density at radius 2 is 2.42 bits per heavy atom. The van der Waals surface area contributed by atoms with E-state index in [9.17, 15) is 9.90 Å². The van der Waals surface area contributed by atoms with Crippen LogP contribution in [-0.2, 0) is 14.3 Å². The molecule has 2 heterocycles. The van der Waals surface area contributed by atoms with E-state index in [2.05, 4.69) is 15.4 Å². The zero-order chi connectivity index (χ0) is 19.3. The third-order valence-electron chi connectivity index (χ3n) is 3.94. The van der Waals surface area contributed by atoms with Gasteiger partial charge in [-0.1, -0.05) is 13.3 Å². The number of hydrazone groups is 1. The molecular formula is C16H25N5O4S. The van der Waals surface area contributed by atoms with Crippen LogP contribution < -0.4 is 16.9 Å². The van der Waals surface area contributed by atoms with Gasteiger partial charge < -0.3 is 25.7 Å². The molecule has 144 valence electrons. The molecule has 9 nitrogen and oxygen atoms in total. The van der Waals surface area contributed by atoms with Crippen molar-refractivity contribution >= 4 is 28.4 Å². The van der Waals surface area contributed by atoms with Gasteiger partial charge in [-0.15, -0.1) is 11.8 Å². The van der Waals surface area contributed by atoms with E-state index in [0.29, 0.717) is 28.7 Å². The molecule has 0 fully saturated rings. The summed E-state index contributed by atoms with van der Waals surface area (Å²) in [5, 5.41) is 16.8. The SMILES string of the molecule is CCC[C@@H](NC(=O)[C@]1(N)CSC(/C(C)=N/N)=N1)C1=CC(OC)=CC(O)O1. The molecule has 0 aromatic heterocycles. The number of hydrogen-bond acceptors (Lipinski definition) is 9. The van der Waals surface area contributed by atoms with Crippen molar-refractivity contribution in [3.63, 3.8) is 0 Å². The van der Waals surface area contributed by atoms with Crippen molar-refractivity contribution in [2.75, 3.05) is 12.9 Å². The van der Waals surface area contributed by atoms with Crippen molar-refractivity contribution in [3.05, 3.63) is 23.7 Å². The number of allylic oxidation sites excluding steroid dienone is 1. The maximum Gasteiger partial charge on any atom is 0.264 e. The van der Waals surface area contributed by atoms with Crippen molar-refractivity contribution < 1.29 is 19.4 Å². The van der Waals surface area contributed by atoms with Crippen molar-refractivity contribution in [2.45, 2.75) is 44.7 Å². The van der Waals surface area contributed by atoms with E-state index in [1.165, 1.54) is 24.9 Å². The number of nitrogens with one attached hydrogen (secondary N) is 1. The Labute approximate surface area is 156 Å². The van der Waals surface area contributed by atoms with Crippen molar-refractivity contribution in [1.82, 2.24) is 5.32 Å². The van der Waals surface area contributed by atoms with Gasteiger partial charge in [-0.2, -0.15) is 5.10 Å². The van der Waals surface area contributed by atoms with Crippen molar-refractivity contribution in [1.29, 1.82) is 0 Å². The van der Waals surface area contributed by atoms with Gasteiger partial charge in [0.25, 0.3) is 5.91 Å². The van der Waals surface area contributed by atoms with Crippen LogP contribution in [0.3, 0.4) is 0 Å². The third-order valence-corrected chi connectivity index (χ3v) is 5.18. The first kappa shape index (κ1) is 20.3. The highest BCUT2D eigenvalue weighted by Gasteiger charge is 2.41. The number of carbonyl (C=O) groups is 1. The average Bonchev–Trinajstić information content (AvgIpc) is 3.03. The highest BCUT2D eigenvalue weighted by molar-refractivity contribution is 8.16. The van der Waals surface area contributed by atoms with Crippen LogP contribution in [0.5, 0.6) is 0 Å². The monoisotopic (exact) mass is 383 g/mol. The number of thioether (sulfide) groups is 1. The fraction of sp³-hybridized carbons (Fsp3) is 0.562. The Bertz CT molecular complexity index is 676. The van der Waals surface area contributed by atoms with E-state index in [4.69, 9.17) is 21.1 Å². The zero-order valence-electron chi connectivity index (χ0n) is 15.1. The Kier molecular flexibility index (Phi) is 6.68. The molecule has 1 amide bonds. The predicted octanol–water partition coefficient (Wildman–Crippen LogP) is 0.169. The summed E-state index contributed by atoms with van der Waals surface area (Å²) in [6.45, 7) is 3.68. The number of aliphatic hydroxyl groups is 1. The van der Waals surface area contributed by atoms with Gasteiger partial charge in [0.05, 0.1) is 18.9 Å². The van der Waals surface area contributed by atoms with E-state index in [1.807, 2.05) is 6.92 Å². The minimum atomic E-state index is -1.41. The zero-order valence-corrected chi connectivity index (χ0v) is 15.9. The number of ether oxygens (including phenoxy) is 2. The molecule has 2 aliphatic rings. The van der Waals surface area contributed by atoms with Crippen LogP contribution in [0.4, 0.5) is 0 Å². The number of aliphatic hydroxyl groups excluding tert-OH is 1. The van der Waals surface area contributed by atoms with Crippen molar-refractivity contribution in [2.24, 2.45) is 21.7 Å². The second-order valence-electron chi connectivity index (χ2n) is 5.99. The van der Waals surface area contributed by atoms with E-state index in [0.717, 1.165) is 6.42 Å². The van der Waals surface area contributed by atoms with E-state index < -0.39 is 23.9 Å². The van der Waals surface area contributed by atoms with Crippen LogP contribution in [-0.4, -0.2) is 52.6 Å². The van der Waals surface area contributed by atoms with Crippen LogP contribution in [0.2, 0.25) is 0 Å². The molecule has 10 heteroatoms. The average molecular weight is 383 g/mol. The lowest BCUT2D eigenvalue weighted by atomic mass is 10.1. The number of nitrogens with two attached hydrogens (primary N) is 2. The number of hydrogen-bond donors (Lipinski definition) is 4. The molecule has 0 bridgehead atoms. The summed E-state index contributed by atoms with van der Waals surface area (Å²) in [4.78, 5) is 17.0. The van der Waals surface area contributed by atoms with Gasteiger partial charge >= 0.3 is 0 Å². The predicted molar refractivity (Wildman–Crippen MR) is 101 cm³/mol. The lowest BCUT2D eigenvalue weighted by Crippen LogP contribution is -2.56. The smallest absolute Gasteiger partial charge is 0.264 e. The molecule has 6 N–H and O–H groups in total. The van der Waals surface area contributed by atoms with Gasteiger partial charge in [-0.05, 0) is 13.3 Å². The number of rotatable bonds is 7. The number of nitrogens with zero attached hydrogens (tertiary/aromatic N) is 2. The van der Waals surface area contributed by atoms with Gasteiger partial charge in [0, 0.05) is 17.9 Å². The molecular weight excluding hydrogens is 358 g/mol. The Hall–Kier alpha value is -2.04. The summed E-state index contributed by atoms with van der Waals surface area (Å²) in [7, 11) is 1.49. The molecule has 1 unspecified atom stereocenters. The summed E-state index contributed by atoms with van der Waals surface area (Å²) < 4.78 is 10.6. The normalized spacial score (nSPS) is 27.0. The second kappa shape index (κ2) is 8.56. The highest BCUT2D eigenvalue weighted by Crippen LogP contribution is 2.26. The molecule has 2 aliphatic heterocycles. The minimum Gasteiger partial charge on any atom is -0.497 e.